The molecule has 0 aromatic heterocycles. The lowest BCUT2D eigenvalue weighted by molar-refractivity contribution is -0.142. The Bertz CT molecular complexity index is 579. The third kappa shape index (κ3) is 4.04. The number of nitrogens with one attached hydrogen (secondary N) is 1. The first-order valence-electron chi connectivity index (χ1n) is 9.43. The van der Waals surface area contributed by atoms with Gasteiger partial charge in [0.2, 0.25) is 5.91 Å². The molecule has 3 rings (SSSR count). The van der Waals surface area contributed by atoms with Gasteiger partial charge < -0.3 is 15.0 Å². The predicted molar refractivity (Wildman–Crippen MR) is 96.0 cm³/mol. The lowest BCUT2D eigenvalue weighted by Crippen LogP contribution is -2.52. The van der Waals surface area contributed by atoms with Crippen LogP contribution in [0.25, 0.3) is 0 Å². The van der Waals surface area contributed by atoms with Gasteiger partial charge in [-0.05, 0) is 69.3 Å². The van der Waals surface area contributed by atoms with E-state index in [9.17, 15) is 9.18 Å². The molecular formula is C20H29FN2O2. The first-order chi connectivity index (χ1) is 12.2. The summed E-state index contributed by atoms with van der Waals surface area (Å²) in [5.74, 6) is 0.576. The van der Waals surface area contributed by atoms with Crippen molar-refractivity contribution in [2.45, 2.75) is 37.5 Å². The lowest BCUT2D eigenvalue weighted by Gasteiger charge is -2.42. The van der Waals surface area contributed by atoms with E-state index < -0.39 is 5.41 Å². The molecule has 0 saturated carbocycles. The van der Waals surface area contributed by atoms with E-state index in [1.54, 1.807) is 6.07 Å². The fraction of sp³-hybridized carbons (Fsp3) is 0.650. The van der Waals surface area contributed by atoms with Crippen LogP contribution < -0.4 is 5.32 Å². The van der Waals surface area contributed by atoms with E-state index >= 15 is 0 Å². The second kappa shape index (κ2) is 8.28. The third-order valence-electron chi connectivity index (χ3n) is 5.84. The van der Waals surface area contributed by atoms with Crippen molar-refractivity contribution in [1.29, 1.82) is 0 Å². The van der Waals surface area contributed by atoms with Crippen molar-refractivity contribution in [3.8, 4) is 0 Å². The molecule has 2 fully saturated rings. The number of benzene rings is 1. The van der Waals surface area contributed by atoms with E-state index in [1.807, 2.05) is 18.0 Å². The molecular weight excluding hydrogens is 319 g/mol. The normalized spacial score (nSPS) is 21.3. The monoisotopic (exact) mass is 348 g/mol. The zero-order chi connectivity index (χ0) is 17.7. The number of nitrogens with zero attached hydrogens (tertiary/aromatic N) is 1. The van der Waals surface area contributed by atoms with Gasteiger partial charge in [-0.2, -0.15) is 0 Å². The molecule has 0 bridgehead atoms. The molecule has 2 heterocycles. The summed E-state index contributed by atoms with van der Waals surface area (Å²) in [4.78, 5) is 15.4. The van der Waals surface area contributed by atoms with E-state index in [2.05, 4.69) is 5.32 Å². The molecule has 2 aliphatic rings. The molecule has 0 aliphatic carbocycles. The molecule has 1 amide bonds. The Labute approximate surface area is 149 Å². The van der Waals surface area contributed by atoms with Crippen LogP contribution in [-0.2, 0) is 14.9 Å². The minimum absolute atomic E-state index is 0.161. The molecule has 1 N–H and O–H groups in total. The maximum absolute atomic E-state index is 13.8. The number of amides is 1. The molecule has 0 radical (unpaired) electrons. The largest absolute Gasteiger partial charge is 0.381 e. The molecule has 0 spiro atoms. The van der Waals surface area contributed by atoms with Crippen LogP contribution >= 0.6 is 0 Å². The van der Waals surface area contributed by atoms with Gasteiger partial charge in [0, 0.05) is 26.3 Å². The maximum atomic E-state index is 13.8. The van der Waals surface area contributed by atoms with Crippen LogP contribution in [0.4, 0.5) is 4.39 Å². The number of carbonyl (C=O) groups is 1. The second-order valence-corrected chi connectivity index (χ2v) is 7.33. The summed E-state index contributed by atoms with van der Waals surface area (Å²) in [5.41, 5.74) is 0.177. The minimum Gasteiger partial charge on any atom is -0.381 e. The van der Waals surface area contributed by atoms with E-state index in [1.165, 1.54) is 18.6 Å². The summed E-state index contributed by atoms with van der Waals surface area (Å²) in [6.45, 7) is 3.77. The van der Waals surface area contributed by atoms with Crippen molar-refractivity contribution in [2.24, 2.45) is 5.92 Å². The number of rotatable bonds is 5. The number of piperidine rings is 1. The summed E-state index contributed by atoms with van der Waals surface area (Å²) in [6.07, 6.45) is 4.55. The SMILES string of the molecule is CNCCC1CCN(C(=O)C2(c3cccc(F)c3)CCOCC2)CC1. The van der Waals surface area contributed by atoms with Crippen molar-refractivity contribution >= 4 is 5.91 Å². The molecule has 4 nitrogen and oxygen atoms in total. The molecule has 0 unspecified atom stereocenters. The number of halogens is 1. The molecule has 1 aromatic rings. The molecule has 1 aromatic carbocycles. The van der Waals surface area contributed by atoms with Gasteiger partial charge in [0.1, 0.15) is 5.82 Å². The zero-order valence-corrected chi connectivity index (χ0v) is 15.1. The van der Waals surface area contributed by atoms with Gasteiger partial charge in [0.05, 0.1) is 5.41 Å². The van der Waals surface area contributed by atoms with Crippen molar-refractivity contribution in [2.75, 3.05) is 39.9 Å². The number of hydrogen-bond donors (Lipinski definition) is 1. The number of carbonyl (C=O) groups excluding carboxylic acids is 1. The van der Waals surface area contributed by atoms with Gasteiger partial charge in [-0.3, -0.25) is 4.79 Å². The fourth-order valence-corrected chi connectivity index (χ4v) is 4.21. The quantitative estimate of drug-likeness (QED) is 0.890. The highest BCUT2D eigenvalue weighted by Crippen LogP contribution is 2.38. The van der Waals surface area contributed by atoms with Crippen LogP contribution in [0.3, 0.4) is 0 Å². The van der Waals surface area contributed by atoms with Gasteiger partial charge >= 0.3 is 0 Å². The smallest absolute Gasteiger partial charge is 0.233 e. The number of hydrogen-bond acceptors (Lipinski definition) is 3. The standard InChI is InChI=1S/C20H29FN2O2/c1-22-10-5-16-6-11-23(12-7-16)19(24)20(8-13-25-14-9-20)17-3-2-4-18(21)15-17/h2-4,15-16,22H,5-14H2,1H3. The van der Waals surface area contributed by atoms with Crippen molar-refractivity contribution in [1.82, 2.24) is 10.2 Å². The Morgan fingerprint density at radius 2 is 2.04 bits per heavy atom. The molecule has 5 heteroatoms. The predicted octanol–water partition coefficient (Wildman–Crippen LogP) is 2.72. The summed E-state index contributed by atoms with van der Waals surface area (Å²) < 4.78 is 19.3. The Balaban J connectivity index is 1.75. The van der Waals surface area contributed by atoms with Gasteiger partial charge in [0.25, 0.3) is 0 Å². The van der Waals surface area contributed by atoms with E-state index in [0.717, 1.165) is 38.0 Å². The zero-order valence-electron chi connectivity index (χ0n) is 15.1. The average molecular weight is 348 g/mol. The highest BCUT2D eigenvalue weighted by molar-refractivity contribution is 5.88. The van der Waals surface area contributed by atoms with Crippen LogP contribution in [0.1, 0.15) is 37.7 Å². The highest BCUT2D eigenvalue weighted by atomic mass is 19.1. The van der Waals surface area contributed by atoms with Crippen LogP contribution in [0.15, 0.2) is 24.3 Å². The van der Waals surface area contributed by atoms with Crippen LogP contribution in [0, 0.1) is 11.7 Å². The van der Waals surface area contributed by atoms with Crippen LogP contribution in [0.2, 0.25) is 0 Å². The van der Waals surface area contributed by atoms with Crippen LogP contribution in [0.5, 0.6) is 0 Å². The topological polar surface area (TPSA) is 41.6 Å². The number of ether oxygens (including phenoxy) is 1. The second-order valence-electron chi connectivity index (χ2n) is 7.33. The van der Waals surface area contributed by atoms with E-state index in [-0.39, 0.29) is 11.7 Å². The average Bonchev–Trinajstić information content (AvgIpc) is 2.67. The van der Waals surface area contributed by atoms with Gasteiger partial charge in [-0.15, -0.1) is 0 Å². The minimum atomic E-state index is -0.627. The van der Waals surface area contributed by atoms with E-state index in [4.69, 9.17) is 4.74 Å². The summed E-state index contributed by atoms with van der Waals surface area (Å²) in [7, 11) is 1.98. The van der Waals surface area contributed by atoms with Gasteiger partial charge in [0.15, 0.2) is 0 Å². The van der Waals surface area contributed by atoms with Crippen LogP contribution in [-0.4, -0.2) is 50.7 Å². The summed E-state index contributed by atoms with van der Waals surface area (Å²) in [6, 6.07) is 6.57. The molecule has 0 atom stereocenters. The molecule has 25 heavy (non-hydrogen) atoms. The molecule has 2 saturated heterocycles. The van der Waals surface area contributed by atoms with Gasteiger partial charge in [-0.25, -0.2) is 4.39 Å². The van der Waals surface area contributed by atoms with Crippen molar-refractivity contribution in [3.05, 3.63) is 35.6 Å². The Morgan fingerprint density at radius 1 is 1.32 bits per heavy atom. The van der Waals surface area contributed by atoms with Gasteiger partial charge in [-0.1, -0.05) is 12.1 Å². The Hall–Kier alpha value is -1.46. The third-order valence-corrected chi connectivity index (χ3v) is 5.84. The van der Waals surface area contributed by atoms with Crippen molar-refractivity contribution in [3.63, 3.8) is 0 Å². The Morgan fingerprint density at radius 3 is 2.68 bits per heavy atom. The van der Waals surface area contributed by atoms with Crippen molar-refractivity contribution < 1.29 is 13.9 Å². The highest BCUT2D eigenvalue weighted by Gasteiger charge is 2.44. The number of likely N-dealkylation sites (tertiary alicyclic amines) is 1. The fourth-order valence-electron chi connectivity index (χ4n) is 4.21. The maximum Gasteiger partial charge on any atom is 0.233 e. The summed E-state index contributed by atoms with van der Waals surface area (Å²) >= 11 is 0. The lowest BCUT2D eigenvalue weighted by atomic mass is 9.72. The van der Waals surface area contributed by atoms with E-state index in [0.29, 0.717) is 32.0 Å². The molecule has 2 aliphatic heterocycles. The first kappa shape index (κ1) is 18.3. The first-order valence-corrected chi connectivity index (χ1v) is 9.43. The molecule has 138 valence electrons. The summed E-state index contributed by atoms with van der Waals surface area (Å²) in [5, 5.41) is 3.20. The Kier molecular flexibility index (Phi) is 6.07.